The van der Waals surface area contributed by atoms with Crippen LogP contribution in [0, 0.1) is 0 Å². The Morgan fingerprint density at radius 2 is 1.90 bits per heavy atom. The van der Waals surface area contributed by atoms with Gasteiger partial charge >= 0.3 is 0 Å². The molecule has 1 aliphatic carbocycles. The van der Waals surface area contributed by atoms with Gasteiger partial charge in [0.05, 0.1) is 5.56 Å². The molecule has 0 atom stereocenters. The summed E-state index contributed by atoms with van der Waals surface area (Å²) in [6, 6.07) is 12.3. The zero-order chi connectivity index (χ0) is 14.8. The van der Waals surface area contributed by atoms with Crippen molar-refractivity contribution >= 4 is 11.6 Å². The highest BCUT2D eigenvalue weighted by Crippen LogP contribution is 2.33. The summed E-state index contributed by atoms with van der Waals surface area (Å²) in [6.45, 7) is 4.35. The molecule has 1 heterocycles. The molecule has 1 amide bonds. The van der Waals surface area contributed by atoms with Crippen molar-refractivity contribution in [3.05, 3.63) is 59.9 Å². The van der Waals surface area contributed by atoms with Crippen LogP contribution in [0.3, 0.4) is 0 Å². The average Bonchev–Trinajstić information content (AvgIpc) is 3.33. The molecule has 3 heteroatoms. The number of anilines is 1. The first-order valence-electron chi connectivity index (χ1n) is 7.50. The van der Waals surface area contributed by atoms with Crippen LogP contribution in [-0.2, 0) is 0 Å². The van der Waals surface area contributed by atoms with Crippen LogP contribution in [0.25, 0.3) is 0 Å². The first kappa shape index (κ1) is 13.8. The molecule has 1 aromatic carbocycles. The van der Waals surface area contributed by atoms with Gasteiger partial charge in [0.1, 0.15) is 0 Å². The third-order valence-corrected chi connectivity index (χ3v) is 3.88. The second-order valence-corrected chi connectivity index (χ2v) is 5.89. The van der Waals surface area contributed by atoms with E-state index in [9.17, 15) is 4.79 Å². The van der Waals surface area contributed by atoms with Gasteiger partial charge in [0.2, 0.25) is 0 Å². The fourth-order valence-corrected chi connectivity index (χ4v) is 2.47. The zero-order valence-electron chi connectivity index (χ0n) is 12.5. The molecule has 0 N–H and O–H groups in total. The molecule has 3 nitrogen and oxygen atoms in total. The normalized spacial score (nSPS) is 14.2. The van der Waals surface area contributed by atoms with Crippen molar-refractivity contribution in [1.29, 1.82) is 0 Å². The standard InChI is InChI=1S/C18H20N2O/c1-13(2)14-5-7-16(8-6-14)20(17-9-10-17)18(21)15-4-3-11-19-12-15/h3-8,11-13,17H,9-10H2,1-2H3. The topological polar surface area (TPSA) is 33.2 Å². The van der Waals surface area contributed by atoms with Crippen molar-refractivity contribution in [2.24, 2.45) is 0 Å². The molecule has 1 aliphatic rings. The molecule has 0 spiro atoms. The van der Waals surface area contributed by atoms with Crippen LogP contribution in [-0.4, -0.2) is 16.9 Å². The Bertz CT molecular complexity index is 615. The van der Waals surface area contributed by atoms with E-state index in [4.69, 9.17) is 0 Å². The molecule has 1 aromatic heterocycles. The van der Waals surface area contributed by atoms with E-state index in [-0.39, 0.29) is 5.91 Å². The Morgan fingerprint density at radius 3 is 2.43 bits per heavy atom. The maximum atomic E-state index is 12.7. The lowest BCUT2D eigenvalue weighted by atomic mass is 10.0. The SMILES string of the molecule is CC(C)c1ccc(N(C(=O)c2cccnc2)C2CC2)cc1. The molecule has 0 unspecified atom stereocenters. The summed E-state index contributed by atoms with van der Waals surface area (Å²) in [5.74, 6) is 0.547. The fourth-order valence-electron chi connectivity index (χ4n) is 2.47. The number of carbonyl (C=O) groups excluding carboxylic acids is 1. The van der Waals surface area contributed by atoms with Crippen LogP contribution < -0.4 is 4.90 Å². The smallest absolute Gasteiger partial charge is 0.260 e. The number of nitrogens with zero attached hydrogens (tertiary/aromatic N) is 2. The maximum absolute atomic E-state index is 12.7. The van der Waals surface area contributed by atoms with E-state index in [0.29, 0.717) is 17.5 Å². The predicted octanol–water partition coefficient (Wildman–Crippen LogP) is 4.01. The van der Waals surface area contributed by atoms with Gasteiger partial charge in [-0.3, -0.25) is 9.78 Å². The third kappa shape index (κ3) is 2.97. The van der Waals surface area contributed by atoms with Gasteiger partial charge < -0.3 is 4.90 Å². The highest BCUT2D eigenvalue weighted by Gasteiger charge is 2.34. The quantitative estimate of drug-likeness (QED) is 0.847. The van der Waals surface area contributed by atoms with E-state index in [0.717, 1.165) is 18.5 Å². The van der Waals surface area contributed by atoms with Crippen molar-refractivity contribution in [2.75, 3.05) is 4.90 Å². The van der Waals surface area contributed by atoms with Gasteiger partial charge in [0.25, 0.3) is 5.91 Å². The number of carbonyl (C=O) groups is 1. The number of pyridine rings is 1. The largest absolute Gasteiger partial charge is 0.305 e. The molecule has 3 rings (SSSR count). The predicted molar refractivity (Wildman–Crippen MR) is 84.6 cm³/mol. The molecule has 0 radical (unpaired) electrons. The van der Waals surface area contributed by atoms with E-state index in [1.165, 1.54) is 5.56 Å². The van der Waals surface area contributed by atoms with E-state index in [1.54, 1.807) is 18.5 Å². The highest BCUT2D eigenvalue weighted by molar-refractivity contribution is 6.06. The molecule has 108 valence electrons. The van der Waals surface area contributed by atoms with Crippen LogP contribution in [0.2, 0.25) is 0 Å². The first-order valence-corrected chi connectivity index (χ1v) is 7.50. The van der Waals surface area contributed by atoms with Crippen molar-refractivity contribution in [2.45, 2.75) is 38.6 Å². The first-order chi connectivity index (χ1) is 10.2. The van der Waals surface area contributed by atoms with E-state index in [2.05, 4.69) is 43.1 Å². The second-order valence-electron chi connectivity index (χ2n) is 5.89. The minimum atomic E-state index is 0.0443. The van der Waals surface area contributed by atoms with Gasteiger partial charge in [-0.1, -0.05) is 26.0 Å². The van der Waals surface area contributed by atoms with E-state index >= 15 is 0 Å². The Morgan fingerprint density at radius 1 is 1.19 bits per heavy atom. The summed E-state index contributed by atoms with van der Waals surface area (Å²) in [7, 11) is 0. The summed E-state index contributed by atoms with van der Waals surface area (Å²) in [4.78, 5) is 18.7. The summed E-state index contributed by atoms with van der Waals surface area (Å²) in [5.41, 5.74) is 2.93. The lowest BCUT2D eigenvalue weighted by Crippen LogP contribution is -2.33. The summed E-state index contributed by atoms with van der Waals surface area (Å²) in [6.07, 6.45) is 5.49. The van der Waals surface area contributed by atoms with Crippen LogP contribution in [0.1, 0.15) is 48.5 Å². The zero-order valence-corrected chi connectivity index (χ0v) is 12.5. The molecule has 0 saturated heterocycles. The van der Waals surface area contributed by atoms with Gasteiger partial charge in [-0.15, -0.1) is 0 Å². The molecule has 0 aliphatic heterocycles. The number of benzene rings is 1. The van der Waals surface area contributed by atoms with Gasteiger partial charge in [-0.25, -0.2) is 0 Å². The lowest BCUT2D eigenvalue weighted by Gasteiger charge is -2.23. The third-order valence-electron chi connectivity index (χ3n) is 3.88. The number of rotatable bonds is 4. The van der Waals surface area contributed by atoms with Crippen molar-refractivity contribution in [1.82, 2.24) is 4.98 Å². The summed E-state index contributed by atoms with van der Waals surface area (Å²) < 4.78 is 0. The number of amides is 1. The highest BCUT2D eigenvalue weighted by atomic mass is 16.2. The second kappa shape index (κ2) is 5.68. The Balaban J connectivity index is 1.90. The van der Waals surface area contributed by atoms with Gasteiger partial charge in [0.15, 0.2) is 0 Å². The number of hydrogen-bond acceptors (Lipinski definition) is 2. The summed E-state index contributed by atoms with van der Waals surface area (Å²) in [5, 5.41) is 0. The van der Waals surface area contributed by atoms with Crippen LogP contribution >= 0.6 is 0 Å². The Labute approximate surface area is 125 Å². The van der Waals surface area contributed by atoms with Crippen molar-refractivity contribution < 1.29 is 4.79 Å². The molecule has 1 fully saturated rings. The molecule has 21 heavy (non-hydrogen) atoms. The van der Waals surface area contributed by atoms with Crippen LogP contribution in [0.15, 0.2) is 48.8 Å². The number of aromatic nitrogens is 1. The molecular formula is C18H20N2O. The van der Waals surface area contributed by atoms with Gasteiger partial charge in [-0.05, 0) is 48.6 Å². The molecule has 2 aromatic rings. The minimum Gasteiger partial charge on any atom is -0.305 e. The maximum Gasteiger partial charge on any atom is 0.260 e. The molecular weight excluding hydrogens is 260 g/mol. The Hall–Kier alpha value is -2.16. The van der Waals surface area contributed by atoms with Gasteiger partial charge in [-0.2, -0.15) is 0 Å². The average molecular weight is 280 g/mol. The Kier molecular flexibility index (Phi) is 3.74. The van der Waals surface area contributed by atoms with Crippen molar-refractivity contribution in [3.63, 3.8) is 0 Å². The summed E-state index contributed by atoms with van der Waals surface area (Å²) >= 11 is 0. The minimum absolute atomic E-state index is 0.0443. The monoisotopic (exact) mass is 280 g/mol. The van der Waals surface area contributed by atoms with Crippen LogP contribution in [0.5, 0.6) is 0 Å². The van der Waals surface area contributed by atoms with Gasteiger partial charge in [0, 0.05) is 24.1 Å². The van der Waals surface area contributed by atoms with Crippen LogP contribution in [0.4, 0.5) is 5.69 Å². The molecule has 0 bridgehead atoms. The lowest BCUT2D eigenvalue weighted by molar-refractivity contribution is 0.0985. The van der Waals surface area contributed by atoms with E-state index < -0.39 is 0 Å². The number of hydrogen-bond donors (Lipinski definition) is 0. The van der Waals surface area contributed by atoms with E-state index in [1.807, 2.05) is 11.0 Å². The van der Waals surface area contributed by atoms with Crippen molar-refractivity contribution in [3.8, 4) is 0 Å². The molecule has 1 saturated carbocycles. The fraction of sp³-hybridized carbons (Fsp3) is 0.333.